The minimum absolute atomic E-state index is 0.361. The highest BCUT2D eigenvalue weighted by Gasteiger charge is 2.16. The highest BCUT2D eigenvalue weighted by atomic mass is 16.5. The Labute approximate surface area is 157 Å². The van der Waals surface area contributed by atoms with Crippen LogP contribution in [0, 0.1) is 0 Å². The molecular weight excluding hydrogens is 336 g/mol. The van der Waals surface area contributed by atoms with Crippen molar-refractivity contribution < 1.29 is 9.15 Å². The summed E-state index contributed by atoms with van der Waals surface area (Å²) in [5.41, 5.74) is 3.66. The van der Waals surface area contributed by atoms with E-state index < -0.39 is 0 Å². The van der Waals surface area contributed by atoms with Gasteiger partial charge in [-0.2, -0.15) is 0 Å². The first-order chi connectivity index (χ1) is 13.3. The van der Waals surface area contributed by atoms with E-state index in [0.717, 1.165) is 28.0 Å². The molecule has 27 heavy (non-hydrogen) atoms. The van der Waals surface area contributed by atoms with Crippen molar-refractivity contribution in [3.63, 3.8) is 0 Å². The number of benzene rings is 3. The molecule has 0 N–H and O–H groups in total. The van der Waals surface area contributed by atoms with Crippen molar-refractivity contribution in [2.75, 3.05) is 7.11 Å². The molecule has 0 fully saturated rings. The van der Waals surface area contributed by atoms with E-state index in [9.17, 15) is 4.79 Å². The molecule has 3 heteroatoms. The first-order valence-corrected chi connectivity index (χ1v) is 8.69. The van der Waals surface area contributed by atoms with Crippen LogP contribution in [0.1, 0.15) is 0 Å². The molecule has 3 aromatic carbocycles. The average molecular weight is 354 g/mol. The third kappa shape index (κ3) is 3.40. The van der Waals surface area contributed by atoms with E-state index in [4.69, 9.17) is 9.15 Å². The van der Waals surface area contributed by atoms with Crippen molar-refractivity contribution in [2.45, 2.75) is 0 Å². The largest absolute Gasteiger partial charge is 0.497 e. The molecule has 4 aromatic rings. The zero-order valence-electron chi connectivity index (χ0n) is 14.9. The van der Waals surface area contributed by atoms with Gasteiger partial charge >= 0.3 is 5.63 Å². The van der Waals surface area contributed by atoms with Crippen molar-refractivity contribution in [3.8, 4) is 39.3 Å². The van der Waals surface area contributed by atoms with E-state index >= 15 is 0 Å². The zero-order valence-corrected chi connectivity index (χ0v) is 14.9. The van der Waals surface area contributed by atoms with Crippen LogP contribution in [0.4, 0.5) is 0 Å². The fourth-order valence-electron chi connectivity index (χ4n) is 3.11. The molecular formula is C24H18O3. The molecule has 0 saturated heterocycles. The minimum Gasteiger partial charge on any atom is -0.497 e. The van der Waals surface area contributed by atoms with Crippen LogP contribution in [0.15, 0.2) is 100 Å². The van der Waals surface area contributed by atoms with Crippen molar-refractivity contribution in [1.29, 1.82) is 0 Å². The number of rotatable bonds is 4. The molecule has 0 bridgehead atoms. The molecule has 0 aliphatic carbocycles. The minimum atomic E-state index is -0.361. The van der Waals surface area contributed by atoms with Gasteiger partial charge in [0.05, 0.1) is 12.7 Å². The molecule has 0 atom stereocenters. The molecule has 0 aliphatic rings. The van der Waals surface area contributed by atoms with E-state index in [0.29, 0.717) is 11.3 Å². The highest BCUT2D eigenvalue weighted by molar-refractivity contribution is 5.84. The monoisotopic (exact) mass is 354 g/mol. The fourth-order valence-corrected chi connectivity index (χ4v) is 3.11. The van der Waals surface area contributed by atoms with E-state index in [1.807, 2.05) is 91.0 Å². The van der Waals surface area contributed by atoms with Gasteiger partial charge in [0, 0.05) is 11.1 Å². The predicted molar refractivity (Wildman–Crippen MR) is 108 cm³/mol. The van der Waals surface area contributed by atoms with Crippen LogP contribution in [0.2, 0.25) is 0 Å². The van der Waals surface area contributed by atoms with Gasteiger partial charge in [0.2, 0.25) is 0 Å². The maximum atomic E-state index is 13.0. The summed E-state index contributed by atoms with van der Waals surface area (Å²) in [6.45, 7) is 0. The van der Waals surface area contributed by atoms with Gasteiger partial charge in [-0.05, 0) is 29.3 Å². The highest BCUT2D eigenvalue weighted by Crippen LogP contribution is 2.33. The molecule has 0 amide bonds. The molecule has 3 nitrogen and oxygen atoms in total. The second-order valence-corrected chi connectivity index (χ2v) is 6.15. The third-order valence-electron chi connectivity index (χ3n) is 4.47. The van der Waals surface area contributed by atoms with Crippen molar-refractivity contribution in [2.24, 2.45) is 0 Å². The Hall–Kier alpha value is -3.59. The summed E-state index contributed by atoms with van der Waals surface area (Å²) in [7, 11) is 1.62. The number of hydrogen-bond acceptors (Lipinski definition) is 3. The second kappa shape index (κ2) is 7.34. The van der Waals surface area contributed by atoms with Crippen LogP contribution in [0.3, 0.4) is 0 Å². The Morgan fingerprint density at radius 3 is 1.89 bits per heavy atom. The summed E-state index contributed by atoms with van der Waals surface area (Å²) in [5.74, 6) is 1.29. The summed E-state index contributed by atoms with van der Waals surface area (Å²) in [6, 6.07) is 28.9. The van der Waals surface area contributed by atoms with Gasteiger partial charge in [-0.1, -0.05) is 72.8 Å². The number of methoxy groups -OCH3 is 1. The van der Waals surface area contributed by atoms with Crippen LogP contribution < -0.4 is 10.4 Å². The Bertz CT molecular complexity index is 1100. The van der Waals surface area contributed by atoms with Gasteiger partial charge in [-0.25, -0.2) is 4.79 Å². The standard InChI is InChI=1S/C24H18O3/c1-26-20-14-12-19(13-15-20)23-21(17-8-4-2-5-9-17)16-22(27-24(23)25)18-10-6-3-7-11-18/h2-16H,1H3. The van der Waals surface area contributed by atoms with E-state index in [1.165, 1.54) is 0 Å². The summed E-state index contributed by atoms with van der Waals surface area (Å²) in [6.07, 6.45) is 0. The van der Waals surface area contributed by atoms with Crippen LogP contribution in [0.5, 0.6) is 5.75 Å². The maximum absolute atomic E-state index is 13.0. The summed E-state index contributed by atoms with van der Waals surface area (Å²) in [4.78, 5) is 13.0. The normalized spacial score (nSPS) is 10.6. The lowest BCUT2D eigenvalue weighted by Gasteiger charge is -2.11. The fraction of sp³-hybridized carbons (Fsp3) is 0.0417. The lowest BCUT2D eigenvalue weighted by atomic mass is 9.95. The average Bonchev–Trinajstić information content (AvgIpc) is 2.74. The van der Waals surface area contributed by atoms with Gasteiger partial charge in [0.25, 0.3) is 0 Å². The van der Waals surface area contributed by atoms with Crippen LogP contribution >= 0.6 is 0 Å². The van der Waals surface area contributed by atoms with E-state index in [2.05, 4.69) is 0 Å². The van der Waals surface area contributed by atoms with Gasteiger partial charge < -0.3 is 9.15 Å². The number of ether oxygens (including phenoxy) is 1. The Morgan fingerprint density at radius 2 is 1.30 bits per heavy atom. The molecule has 4 rings (SSSR count). The van der Waals surface area contributed by atoms with Crippen LogP contribution in [-0.4, -0.2) is 7.11 Å². The molecule has 0 saturated carbocycles. The van der Waals surface area contributed by atoms with Gasteiger partial charge in [0.15, 0.2) is 0 Å². The quantitative estimate of drug-likeness (QED) is 0.475. The Morgan fingerprint density at radius 1 is 0.704 bits per heavy atom. The Balaban J connectivity index is 1.96. The lowest BCUT2D eigenvalue weighted by Crippen LogP contribution is -2.06. The SMILES string of the molecule is COc1ccc(-c2c(-c3ccccc3)cc(-c3ccccc3)oc2=O)cc1. The predicted octanol–water partition coefficient (Wildman–Crippen LogP) is 5.65. The van der Waals surface area contributed by atoms with Crippen molar-refractivity contribution in [3.05, 3.63) is 101 Å². The van der Waals surface area contributed by atoms with Gasteiger partial charge in [-0.15, -0.1) is 0 Å². The summed E-state index contributed by atoms with van der Waals surface area (Å²) < 4.78 is 10.9. The zero-order chi connectivity index (χ0) is 18.6. The third-order valence-corrected chi connectivity index (χ3v) is 4.47. The smallest absolute Gasteiger partial charge is 0.344 e. The molecule has 1 aromatic heterocycles. The van der Waals surface area contributed by atoms with Crippen molar-refractivity contribution in [1.82, 2.24) is 0 Å². The first-order valence-electron chi connectivity index (χ1n) is 8.69. The second-order valence-electron chi connectivity index (χ2n) is 6.15. The molecule has 132 valence electrons. The van der Waals surface area contributed by atoms with Gasteiger partial charge in [-0.3, -0.25) is 0 Å². The van der Waals surface area contributed by atoms with Crippen molar-refractivity contribution >= 4 is 0 Å². The topological polar surface area (TPSA) is 39.4 Å². The molecule has 0 unspecified atom stereocenters. The summed E-state index contributed by atoms with van der Waals surface area (Å²) >= 11 is 0. The Kier molecular flexibility index (Phi) is 4.58. The van der Waals surface area contributed by atoms with Gasteiger partial charge in [0.1, 0.15) is 11.5 Å². The number of hydrogen-bond donors (Lipinski definition) is 0. The molecule has 0 spiro atoms. The van der Waals surface area contributed by atoms with E-state index in [1.54, 1.807) is 7.11 Å². The maximum Gasteiger partial charge on any atom is 0.344 e. The van der Waals surface area contributed by atoms with Crippen LogP contribution in [0.25, 0.3) is 33.6 Å². The molecule has 0 aliphatic heterocycles. The van der Waals surface area contributed by atoms with Crippen LogP contribution in [-0.2, 0) is 0 Å². The molecule has 1 heterocycles. The summed E-state index contributed by atoms with van der Waals surface area (Å²) in [5, 5.41) is 0. The van der Waals surface area contributed by atoms with E-state index in [-0.39, 0.29) is 5.63 Å². The molecule has 0 radical (unpaired) electrons. The lowest BCUT2D eigenvalue weighted by molar-refractivity contribution is 0.415. The first kappa shape index (κ1) is 16.9.